The van der Waals surface area contributed by atoms with Crippen LogP contribution >= 0.6 is 0 Å². The van der Waals surface area contributed by atoms with Crippen molar-refractivity contribution in [2.75, 3.05) is 18.5 Å². The molecule has 28 heavy (non-hydrogen) atoms. The first-order chi connectivity index (χ1) is 13.8. The van der Waals surface area contributed by atoms with Crippen LogP contribution in [-0.2, 0) is 28.8 Å². The van der Waals surface area contributed by atoms with E-state index in [-0.39, 0.29) is 12.0 Å². The van der Waals surface area contributed by atoms with Gasteiger partial charge in [-0.25, -0.2) is 0 Å². The third-order valence-corrected chi connectivity index (χ3v) is 5.64. The van der Waals surface area contributed by atoms with Gasteiger partial charge in [-0.2, -0.15) is 0 Å². The fraction of sp³-hybridized carbons (Fsp3) is 0.458. The number of amides is 1. The van der Waals surface area contributed by atoms with Gasteiger partial charge >= 0.3 is 0 Å². The topological polar surface area (TPSA) is 47.6 Å². The fourth-order valence-corrected chi connectivity index (χ4v) is 4.09. The summed E-state index contributed by atoms with van der Waals surface area (Å²) < 4.78 is 11.7. The van der Waals surface area contributed by atoms with E-state index in [0.29, 0.717) is 18.8 Å². The van der Waals surface area contributed by atoms with E-state index in [2.05, 4.69) is 23.5 Å². The Morgan fingerprint density at radius 3 is 2.75 bits per heavy atom. The van der Waals surface area contributed by atoms with Crippen molar-refractivity contribution in [1.82, 2.24) is 0 Å². The predicted molar refractivity (Wildman–Crippen MR) is 111 cm³/mol. The second-order valence-electron chi connectivity index (χ2n) is 7.83. The van der Waals surface area contributed by atoms with Gasteiger partial charge in [0.2, 0.25) is 5.91 Å². The molecule has 1 atom stereocenters. The zero-order valence-electron chi connectivity index (χ0n) is 16.4. The van der Waals surface area contributed by atoms with Crippen LogP contribution in [0.4, 0.5) is 5.69 Å². The highest BCUT2D eigenvalue weighted by molar-refractivity contribution is 5.93. The molecular weight excluding hydrogens is 350 g/mol. The molecule has 0 saturated carbocycles. The molecule has 2 aromatic rings. The number of fused-ring (bicyclic) bond motifs is 1. The number of hydrogen-bond donors (Lipinski definition) is 1. The number of carbonyl (C=O) groups is 1. The summed E-state index contributed by atoms with van der Waals surface area (Å²) in [6, 6.07) is 14.1. The minimum Gasteiger partial charge on any atom is -0.489 e. The smallest absolute Gasteiger partial charge is 0.228 e. The van der Waals surface area contributed by atoms with E-state index < -0.39 is 0 Å². The number of para-hydroxylation sites is 2. The molecule has 1 unspecified atom stereocenters. The average molecular weight is 380 g/mol. The monoisotopic (exact) mass is 379 g/mol. The molecule has 1 saturated heterocycles. The quantitative estimate of drug-likeness (QED) is 0.792. The molecule has 1 N–H and O–H groups in total. The van der Waals surface area contributed by atoms with Gasteiger partial charge in [-0.05, 0) is 73.8 Å². The maximum atomic E-state index is 12.6. The molecule has 4 nitrogen and oxygen atoms in total. The first-order valence-corrected chi connectivity index (χ1v) is 10.5. The Morgan fingerprint density at radius 2 is 1.89 bits per heavy atom. The van der Waals surface area contributed by atoms with E-state index >= 15 is 0 Å². The lowest BCUT2D eigenvalue weighted by Crippen LogP contribution is -2.26. The molecular formula is C24H29NO3. The summed E-state index contributed by atoms with van der Waals surface area (Å²) in [5, 5.41) is 3.02. The van der Waals surface area contributed by atoms with Gasteiger partial charge in [0.25, 0.3) is 0 Å². The molecule has 148 valence electrons. The van der Waals surface area contributed by atoms with Crippen molar-refractivity contribution in [1.29, 1.82) is 0 Å². The van der Waals surface area contributed by atoms with Crippen molar-refractivity contribution < 1.29 is 14.3 Å². The maximum absolute atomic E-state index is 12.6. The van der Waals surface area contributed by atoms with Crippen LogP contribution in [0.5, 0.6) is 5.75 Å². The molecule has 2 aliphatic rings. The number of nitrogens with one attached hydrogen (secondary N) is 1. The van der Waals surface area contributed by atoms with Crippen LogP contribution in [0.15, 0.2) is 42.5 Å². The Labute approximate surface area is 167 Å². The first-order valence-electron chi connectivity index (χ1n) is 10.5. The molecule has 1 aliphatic carbocycles. The van der Waals surface area contributed by atoms with Crippen molar-refractivity contribution in [2.24, 2.45) is 0 Å². The summed E-state index contributed by atoms with van der Waals surface area (Å²) in [6.45, 7) is 1.34. The second kappa shape index (κ2) is 9.24. The summed E-state index contributed by atoms with van der Waals surface area (Å²) in [4.78, 5) is 12.6. The summed E-state index contributed by atoms with van der Waals surface area (Å²) in [5.74, 6) is 0.691. The van der Waals surface area contributed by atoms with Crippen LogP contribution in [0.2, 0.25) is 0 Å². The highest BCUT2D eigenvalue weighted by Crippen LogP contribution is 2.26. The Balaban J connectivity index is 1.36. The van der Waals surface area contributed by atoms with Crippen LogP contribution in [0.3, 0.4) is 0 Å². The van der Waals surface area contributed by atoms with Crippen molar-refractivity contribution >= 4 is 11.6 Å². The van der Waals surface area contributed by atoms with Gasteiger partial charge < -0.3 is 14.8 Å². The molecule has 0 bridgehead atoms. The van der Waals surface area contributed by atoms with E-state index in [9.17, 15) is 4.79 Å². The van der Waals surface area contributed by atoms with Gasteiger partial charge in [0.15, 0.2) is 0 Å². The predicted octanol–water partition coefficient (Wildman–Crippen LogP) is 4.69. The Kier molecular flexibility index (Phi) is 6.27. The van der Waals surface area contributed by atoms with Gasteiger partial charge in [0.05, 0.1) is 18.2 Å². The van der Waals surface area contributed by atoms with Crippen LogP contribution in [0.1, 0.15) is 48.8 Å². The SMILES string of the molecule is O=C(Cc1ccc2c(c1)CCCC2)Nc1ccccc1OCC1CCCCO1. The minimum atomic E-state index is -0.0132. The van der Waals surface area contributed by atoms with E-state index in [0.717, 1.165) is 43.5 Å². The summed E-state index contributed by atoms with van der Waals surface area (Å²) in [5.41, 5.74) is 4.65. The molecule has 1 heterocycles. The minimum absolute atomic E-state index is 0.0132. The van der Waals surface area contributed by atoms with E-state index in [1.54, 1.807) is 0 Å². The summed E-state index contributed by atoms with van der Waals surface area (Å²) in [7, 11) is 0. The average Bonchev–Trinajstić information content (AvgIpc) is 2.74. The highest BCUT2D eigenvalue weighted by Gasteiger charge is 2.16. The number of anilines is 1. The third kappa shape index (κ3) is 4.93. The number of aryl methyl sites for hydroxylation is 2. The van der Waals surface area contributed by atoms with Gasteiger partial charge in [0, 0.05) is 6.61 Å². The Morgan fingerprint density at radius 1 is 1.04 bits per heavy atom. The van der Waals surface area contributed by atoms with Crippen molar-refractivity contribution in [3.8, 4) is 5.75 Å². The lowest BCUT2D eigenvalue weighted by molar-refractivity contribution is -0.115. The fourth-order valence-electron chi connectivity index (χ4n) is 4.09. The zero-order chi connectivity index (χ0) is 19.2. The molecule has 4 heteroatoms. The lowest BCUT2D eigenvalue weighted by Gasteiger charge is -2.23. The second-order valence-corrected chi connectivity index (χ2v) is 7.83. The molecule has 0 radical (unpaired) electrons. The normalized spacial score (nSPS) is 18.9. The van der Waals surface area contributed by atoms with E-state index in [1.807, 2.05) is 24.3 Å². The van der Waals surface area contributed by atoms with Gasteiger partial charge in [0.1, 0.15) is 12.4 Å². The van der Waals surface area contributed by atoms with Crippen molar-refractivity contribution in [3.63, 3.8) is 0 Å². The molecule has 1 aliphatic heterocycles. The van der Waals surface area contributed by atoms with Crippen LogP contribution in [0.25, 0.3) is 0 Å². The maximum Gasteiger partial charge on any atom is 0.228 e. The number of hydrogen-bond acceptors (Lipinski definition) is 3. The van der Waals surface area contributed by atoms with E-state index in [4.69, 9.17) is 9.47 Å². The Bertz CT molecular complexity index is 811. The standard InChI is InChI=1S/C24H29NO3/c26-24(16-18-12-13-19-7-1-2-8-20(19)15-18)25-22-10-3-4-11-23(22)28-17-21-9-5-6-14-27-21/h3-4,10-13,15,21H,1-2,5-9,14,16-17H2,(H,25,26). The number of rotatable bonds is 6. The van der Waals surface area contributed by atoms with Crippen LogP contribution in [0, 0.1) is 0 Å². The molecule has 0 aromatic heterocycles. The van der Waals surface area contributed by atoms with Crippen LogP contribution < -0.4 is 10.1 Å². The lowest BCUT2D eigenvalue weighted by atomic mass is 9.90. The summed E-state index contributed by atoms with van der Waals surface area (Å²) in [6.07, 6.45) is 8.70. The number of benzene rings is 2. The highest BCUT2D eigenvalue weighted by atomic mass is 16.5. The first kappa shape index (κ1) is 19.0. The molecule has 1 amide bonds. The molecule has 4 rings (SSSR count). The zero-order valence-corrected chi connectivity index (χ0v) is 16.4. The van der Waals surface area contributed by atoms with Crippen molar-refractivity contribution in [2.45, 2.75) is 57.5 Å². The van der Waals surface area contributed by atoms with Gasteiger partial charge in [-0.1, -0.05) is 30.3 Å². The van der Waals surface area contributed by atoms with Gasteiger partial charge in [-0.3, -0.25) is 4.79 Å². The molecule has 0 spiro atoms. The molecule has 2 aromatic carbocycles. The number of ether oxygens (including phenoxy) is 2. The van der Waals surface area contributed by atoms with Gasteiger partial charge in [-0.15, -0.1) is 0 Å². The largest absolute Gasteiger partial charge is 0.489 e. The summed E-state index contributed by atoms with van der Waals surface area (Å²) >= 11 is 0. The molecule has 1 fully saturated rings. The van der Waals surface area contributed by atoms with E-state index in [1.165, 1.54) is 30.4 Å². The third-order valence-electron chi connectivity index (χ3n) is 5.64. The number of carbonyl (C=O) groups excluding carboxylic acids is 1. The Hall–Kier alpha value is -2.33. The van der Waals surface area contributed by atoms with Crippen molar-refractivity contribution in [3.05, 3.63) is 59.2 Å². The van der Waals surface area contributed by atoms with Crippen LogP contribution in [-0.4, -0.2) is 25.2 Å².